The van der Waals surface area contributed by atoms with Crippen molar-refractivity contribution in [3.05, 3.63) is 0 Å². The van der Waals surface area contributed by atoms with Crippen molar-refractivity contribution in [1.82, 2.24) is 15.5 Å². The van der Waals surface area contributed by atoms with Crippen molar-refractivity contribution in [2.75, 3.05) is 32.1 Å². The molecule has 0 radical (unpaired) electrons. The Morgan fingerprint density at radius 1 is 1.69 bits per heavy atom. The van der Waals surface area contributed by atoms with Crippen molar-refractivity contribution in [3.63, 3.8) is 0 Å². The van der Waals surface area contributed by atoms with Gasteiger partial charge < -0.3 is 10.2 Å². The van der Waals surface area contributed by atoms with Gasteiger partial charge in [0.15, 0.2) is 0 Å². The van der Waals surface area contributed by atoms with Gasteiger partial charge in [0.25, 0.3) is 0 Å². The lowest BCUT2D eigenvalue weighted by Crippen LogP contribution is -2.59. The monoisotopic (exact) mass is 245 g/mol. The van der Waals surface area contributed by atoms with Gasteiger partial charge in [-0.2, -0.15) is 11.8 Å². The molecule has 2 amide bonds. The molecule has 1 aliphatic heterocycles. The highest BCUT2D eigenvalue weighted by Gasteiger charge is 2.27. The summed E-state index contributed by atoms with van der Waals surface area (Å²) in [7, 11) is 1.81. The standard InChI is InChI=1S/C10H19N3O2S/c1-7(6-16-3)13(2)10(15)8-4-12-9(14)5-11-8/h7-8,11H,4-6H2,1-3H3,(H,12,14). The van der Waals surface area contributed by atoms with Gasteiger partial charge in [-0.05, 0) is 13.2 Å². The van der Waals surface area contributed by atoms with Crippen LogP contribution in [0.1, 0.15) is 6.92 Å². The van der Waals surface area contributed by atoms with Crippen molar-refractivity contribution < 1.29 is 9.59 Å². The highest BCUT2D eigenvalue weighted by molar-refractivity contribution is 7.98. The number of likely N-dealkylation sites (N-methyl/N-ethyl adjacent to an activating group) is 1. The third kappa shape index (κ3) is 3.38. The van der Waals surface area contributed by atoms with E-state index in [1.165, 1.54) is 0 Å². The fraction of sp³-hybridized carbons (Fsp3) is 0.800. The van der Waals surface area contributed by atoms with Gasteiger partial charge in [-0.3, -0.25) is 14.9 Å². The lowest BCUT2D eigenvalue weighted by molar-refractivity contribution is -0.134. The normalized spacial score (nSPS) is 22.4. The summed E-state index contributed by atoms with van der Waals surface area (Å²) in [5, 5.41) is 5.62. The Labute approximate surface area is 100 Å². The summed E-state index contributed by atoms with van der Waals surface area (Å²) in [6.07, 6.45) is 2.02. The molecule has 2 unspecified atom stereocenters. The summed E-state index contributed by atoms with van der Waals surface area (Å²) < 4.78 is 0. The quantitative estimate of drug-likeness (QED) is 0.686. The zero-order chi connectivity index (χ0) is 12.1. The Hall–Kier alpha value is -0.750. The van der Waals surface area contributed by atoms with Gasteiger partial charge in [-0.15, -0.1) is 0 Å². The molecular formula is C10H19N3O2S. The van der Waals surface area contributed by atoms with E-state index in [0.29, 0.717) is 6.54 Å². The number of carbonyl (C=O) groups excluding carboxylic acids is 2. The zero-order valence-electron chi connectivity index (χ0n) is 9.95. The maximum absolute atomic E-state index is 12.0. The van der Waals surface area contributed by atoms with E-state index < -0.39 is 0 Å². The summed E-state index contributed by atoms with van der Waals surface area (Å²) in [5.74, 6) is 0.909. The van der Waals surface area contributed by atoms with Crippen LogP contribution in [0.4, 0.5) is 0 Å². The minimum atomic E-state index is -0.285. The van der Waals surface area contributed by atoms with Gasteiger partial charge >= 0.3 is 0 Å². The number of amides is 2. The molecule has 0 aliphatic carbocycles. The van der Waals surface area contributed by atoms with Crippen molar-refractivity contribution in [1.29, 1.82) is 0 Å². The summed E-state index contributed by atoms with van der Waals surface area (Å²) in [6, 6.07) is -0.0751. The molecule has 0 spiro atoms. The summed E-state index contributed by atoms with van der Waals surface area (Å²) in [6.45, 7) is 2.63. The van der Waals surface area contributed by atoms with Crippen LogP contribution in [0.5, 0.6) is 0 Å². The van der Waals surface area contributed by atoms with Gasteiger partial charge in [0.2, 0.25) is 11.8 Å². The summed E-state index contributed by atoms with van der Waals surface area (Å²) in [4.78, 5) is 24.7. The predicted octanol–water partition coefficient (Wildman–Crippen LogP) is -0.716. The Morgan fingerprint density at radius 2 is 2.38 bits per heavy atom. The number of piperazine rings is 1. The molecule has 1 heterocycles. The molecule has 0 aromatic carbocycles. The molecule has 2 N–H and O–H groups in total. The first-order valence-electron chi connectivity index (χ1n) is 5.32. The number of hydrogen-bond acceptors (Lipinski definition) is 4. The van der Waals surface area contributed by atoms with Crippen LogP contribution in [0.15, 0.2) is 0 Å². The van der Waals surface area contributed by atoms with Crippen LogP contribution in [0.2, 0.25) is 0 Å². The molecule has 2 atom stereocenters. The average Bonchev–Trinajstić information content (AvgIpc) is 2.28. The number of nitrogens with zero attached hydrogens (tertiary/aromatic N) is 1. The molecule has 0 aromatic rings. The smallest absolute Gasteiger partial charge is 0.241 e. The first-order valence-corrected chi connectivity index (χ1v) is 6.71. The zero-order valence-corrected chi connectivity index (χ0v) is 10.8. The van der Waals surface area contributed by atoms with Crippen LogP contribution in [0.3, 0.4) is 0 Å². The van der Waals surface area contributed by atoms with Crippen molar-refractivity contribution in [3.8, 4) is 0 Å². The minimum absolute atomic E-state index is 0.0431. The van der Waals surface area contributed by atoms with Gasteiger partial charge in [0.1, 0.15) is 6.04 Å². The Balaban J connectivity index is 2.47. The first kappa shape index (κ1) is 13.3. The maximum atomic E-state index is 12.0. The van der Waals surface area contributed by atoms with Crippen molar-refractivity contribution in [2.24, 2.45) is 0 Å². The minimum Gasteiger partial charge on any atom is -0.353 e. The summed E-state index contributed by atoms with van der Waals surface area (Å²) >= 11 is 1.72. The summed E-state index contributed by atoms with van der Waals surface area (Å²) in [5.41, 5.74) is 0. The lowest BCUT2D eigenvalue weighted by Gasteiger charge is -2.31. The largest absolute Gasteiger partial charge is 0.353 e. The highest BCUT2D eigenvalue weighted by atomic mass is 32.2. The van der Waals surface area contributed by atoms with Crippen LogP contribution in [0.25, 0.3) is 0 Å². The van der Waals surface area contributed by atoms with E-state index >= 15 is 0 Å². The van der Waals surface area contributed by atoms with E-state index in [4.69, 9.17) is 0 Å². The van der Waals surface area contributed by atoms with Crippen LogP contribution in [-0.2, 0) is 9.59 Å². The molecule has 5 nitrogen and oxygen atoms in total. The van der Waals surface area contributed by atoms with E-state index in [1.807, 2.05) is 13.2 Å². The molecule has 16 heavy (non-hydrogen) atoms. The van der Waals surface area contributed by atoms with Gasteiger partial charge in [0, 0.05) is 25.4 Å². The third-order valence-corrected chi connectivity index (χ3v) is 3.54. The Kier molecular flexibility index (Phi) is 5.08. The highest BCUT2D eigenvalue weighted by Crippen LogP contribution is 2.06. The lowest BCUT2D eigenvalue weighted by atomic mass is 10.2. The van der Waals surface area contributed by atoms with E-state index in [-0.39, 0.29) is 30.4 Å². The van der Waals surface area contributed by atoms with E-state index in [9.17, 15) is 9.59 Å². The fourth-order valence-electron chi connectivity index (χ4n) is 1.56. The topological polar surface area (TPSA) is 61.4 Å². The van der Waals surface area contributed by atoms with E-state index in [1.54, 1.807) is 23.7 Å². The molecule has 0 bridgehead atoms. The molecule has 1 fully saturated rings. The fourth-order valence-corrected chi connectivity index (χ4v) is 2.26. The second kappa shape index (κ2) is 6.10. The Morgan fingerprint density at radius 3 is 2.88 bits per heavy atom. The van der Waals surface area contributed by atoms with Crippen LogP contribution in [-0.4, -0.2) is 60.9 Å². The van der Waals surface area contributed by atoms with Gasteiger partial charge in [-0.1, -0.05) is 0 Å². The van der Waals surface area contributed by atoms with E-state index in [0.717, 1.165) is 5.75 Å². The number of thioether (sulfide) groups is 1. The number of hydrogen-bond donors (Lipinski definition) is 2. The molecule has 0 aromatic heterocycles. The van der Waals surface area contributed by atoms with E-state index in [2.05, 4.69) is 10.6 Å². The van der Waals surface area contributed by atoms with Gasteiger partial charge in [0.05, 0.1) is 6.54 Å². The second-order valence-electron chi connectivity index (χ2n) is 3.99. The Bertz CT molecular complexity index is 263. The van der Waals surface area contributed by atoms with Crippen molar-refractivity contribution in [2.45, 2.75) is 19.0 Å². The molecular weight excluding hydrogens is 226 g/mol. The van der Waals surface area contributed by atoms with Crippen molar-refractivity contribution >= 4 is 23.6 Å². The second-order valence-corrected chi connectivity index (χ2v) is 4.90. The average molecular weight is 245 g/mol. The molecule has 6 heteroatoms. The number of nitrogens with one attached hydrogen (secondary N) is 2. The molecule has 1 aliphatic rings. The first-order chi connectivity index (χ1) is 7.56. The molecule has 1 saturated heterocycles. The molecule has 92 valence electrons. The maximum Gasteiger partial charge on any atom is 0.241 e. The van der Waals surface area contributed by atoms with Crippen LogP contribution >= 0.6 is 11.8 Å². The third-order valence-electron chi connectivity index (χ3n) is 2.73. The predicted molar refractivity (Wildman–Crippen MR) is 65.4 cm³/mol. The SMILES string of the molecule is CSCC(C)N(C)C(=O)C1CNC(=O)CN1. The van der Waals surface area contributed by atoms with Gasteiger partial charge in [-0.25, -0.2) is 0 Å². The van der Waals surface area contributed by atoms with Crippen LogP contribution < -0.4 is 10.6 Å². The van der Waals surface area contributed by atoms with Crippen LogP contribution in [0, 0.1) is 0 Å². The molecule has 1 rings (SSSR count). The molecule has 0 saturated carbocycles. The number of carbonyl (C=O) groups is 2. The number of rotatable bonds is 4.